The highest BCUT2D eigenvalue weighted by atomic mass is 32.1. The SMILES string of the molecule is CCOC(=O)c1n[nH]n(-c2ccc([N+](=O)[O-])cc2)c1=S. The number of carbonyl (C=O) groups excluding carboxylic acids is 1. The predicted octanol–water partition coefficient (Wildman–Crippen LogP) is 2.01. The first-order chi connectivity index (χ1) is 9.54. The number of H-pyrrole nitrogens is 1. The minimum Gasteiger partial charge on any atom is -0.461 e. The number of hydrogen-bond donors (Lipinski definition) is 1. The van der Waals surface area contributed by atoms with E-state index in [0.29, 0.717) is 5.69 Å². The maximum Gasteiger partial charge on any atom is 0.362 e. The molecular weight excluding hydrogens is 284 g/mol. The van der Waals surface area contributed by atoms with Crippen molar-refractivity contribution in [2.75, 3.05) is 6.61 Å². The molecule has 0 unspecified atom stereocenters. The van der Waals surface area contributed by atoms with E-state index in [2.05, 4.69) is 10.3 Å². The summed E-state index contributed by atoms with van der Waals surface area (Å²) < 4.78 is 6.33. The highest BCUT2D eigenvalue weighted by Crippen LogP contribution is 2.15. The zero-order valence-electron chi connectivity index (χ0n) is 10.4. The van der Waals surface area contributed by atoms with Gasteiger partial charge in [-0.2, -0.15) is 0 Å². The summed E-state index contributed by atoms with van der Waals surface area (Å²) in [5.74, 6) is -0.616. The van der Waals surface area contributed by atoms with Crippen LogP contribution in [0.25, 0.3) is 5.69 Å². The van der Waals surface area contributed by atoms with E-state index in [1.165, 1.54) is 28.9 Å². The van der Waals surface area contributed by atoms with Gasteiger partial charge < -0.3 is 4.74 Å². The minimum absolute atomic E-state index is 0.000188. The lowest BCUT2D eigenvalue weighted by atomic mass is 10.3. The van der Waals surface area contributed by atoms with Gasteiger partial charge in [0.2, 0.25) is 5.69 Å². The number of rotatable bonds is 4. The summed E-state index contributed by atoms with van der Waals surface area (Å²) in [6.07, 6.45) is 0. The molecule has 2 rings (SSSR count). The zero-order chi connectivity index (χ0) is 14.7. The van der Waals surface area contributed by atoms with Crippen molar-refractivity contribution in [1.29, 1.82) is 0 Å². The number of non-ortho nitro benzene ring substituents is 1. The van der Waals surface area contributed by atoms with Gasteiger partial charge in [0.05, 0.1) is 17.2 Å². The first-order valence-electron chi connectivity index (χ1n) is 5.64. The van der Waals surface area contributed by atoms with Gasteiger partial charge in [0, 0.05) is 12.1 Å². The summed E-state index contributed by atoms with van der Waals surface area (Å²) >= 11 is 5.12. The quantitative estimate of drug-likeness (QED) is 0.400. The van der Waals surface area contributed by atoms with Crippen LogP contribution in [0, 0.1) is 14.8 Å². The fourth-order valence-corrected chi connectivity index (χ4v) is 1.81. The number of carbonyl (C=O) groups is 1. The molecule has 0 aliphatic carbocycles. The van der Waals surface area contributed by atoms with Gasteiger partial charge in [-0.05, 0) is 19.1 Å². The van der Waals surface area contributed by atoms with E-state index >= 15 is 0 Å². The third kappa shape index (κ3) is 2.57. The average Bonchev–Trinajstić information content (AvgIpc) is 2.81. The molecule has 1 aromatic carbocycles. The summed E-state index contributed by atoms with van der Waals surface area (Å²) in [7, 11) is 0. The first-order valence-corrected chi connectivity index (χ1v) is 6.04. The molecule has 0 fully saturated rings. The first kappa shape index (κ1) is 13.9. The number of ether oxygens (including phenoxy) is 1. The number of nitro benzene ring substituents is 1. The molecule has 1 N–H and O–H groups in total. The van der Waals surface area contributed by atoms with Crippen LogP contribution in [-0.4, -0.2) is 32.5 Å². The second kappa shape index (κ2) is 5.61. The number of nitrogens with one attached hydrogen (secondary N) is 1. The number of aromatic nitrogens is 3. The molecule has 0 amide bonds. The monoisotopic (exact) mass is 294 g/mol. The van der Waals surface area contributed by atoms with Gasteiger partial charge in [-0.1, -0.05) is 12.2 Å². The molecule has 0 radical (unpaired) electrons. The van der Waals surface area contributed by atoms with Crippen LogP contribution in [-0.2, 0) is 4.74 Å². The third-order valence-electron chi connectivity index (χ3n) is 2.45. The number of nitrogens with zero attached hydrogens (tertiary/aromatic N) is 3. The van der Waals surface area contributed by atoms with Gasteiger partial charge in [-0.3, -0.25) is 10.1 Å². The third-order valence-corrected chi connectivity index (χ3v) is 2.83. The van der Waals surface area contributed by atoms with Crippen LogP contribution in [0.3, 0.4) is 0 Å². The van der Waals surface area contributed by atoms with Crippen LogP contribution >= 0.6 is 12.2 Å². The molecule has 1 heterocycles. The molecule has 0 aliphatic heterocycles. The van der Waals surface area contributed by atoms with Crippen molar-refractivity contribution in [1.82, 2.24) is 15.0 Å². The highest BCUT2D eigenvalue weighted by Gasteiger charge is 2.16. The van der Waals surface area contributed by atoms with Crippen LogP contribution < -0.4 is 0 Å². The minimum atomic E-state index is -0.616. The second-order valence-electron chi connectivity index (χ2n) is 3.69. The topological polar surface area (TPSA) is 103 Å². The van der Waals surface area contributed by atoms with Crippen LogP contribution in [0.2, 0.25) is 0 Å². The Morgan fingerprint density at radius 3 is 2.70 bits per heavy atom. The van der Waals surface area contributed by atoms with Crippen LogP contribution in [0.4, 0.5) is 5.69 Å². The van der Waals surface area contributed by atoms with Gasteiger partial charge in [-0.15, -0.1) is 5.10 Å². The highest BCUT2D eigenvalue weighted by molar-refractivity contribution is 7.71. The Morgan fingerprint density at radius 2 is 2.15 bits per heavy atom. The Labute approximate surface area is 118 Å². The number of aromatic amines is 1. The van der Waals surface area contributed by atoms with E-state index in [4.69, 9.17) is 17.0 Å². The maximum absolute atomic E-state index is 11.6. The fourth-order valence-electron chi connectivity index (χ4n) is 1.53. The van der Waals surface area contributed by atoms with E-state index in [0.717, 1.165) is 0 Å². The molecule has 8 nitrogen and oxygen atoms in total. The molecule has 0 saturated heterocycles. The Morgan fingerprint density at radius 1 is 1.50 bits per heavy atom. The van der Waals surface area contributed by atoms with Crippen LogP contribution in [0.1, 0.15) is 17.4 Å². The zero-order valence-corrected chi connectivity index (χ0v) is 11.2. The average molecular weight is 294 g/mol. The van der Waals surface area contributed by atoms with Gasteiger partial charge in [0.25, 0.3) is 5.69 Å². The Balaban J connectivity index is 2.37. The van der Waals surface area contributed by atoms with Crippen molar-refractivity contribution in [3.63, 3.8) is 0 Å². The fraction of sp³-hybridized carbons (Fsp3) is 0.182. The normalized spacial score (nSPS) is 10.2. The standard InChI is InChI=1S/C11H10N4O4S/c1-2-19-11(16)9-10(20)14(13-12-9)7-3-5-8(6-4-7)15(17)18/h3-6,13H,2H2,1H3. The summed E-state index contributed by atoms with van der Waals surface area (Å²) in [5, 5.41) is 16.9. The Kier molecular flexibility index (Phi) is 3.89. The van der Waals surface area contributed by atoms with Crippen molar-refractivity contribution < 1.29 is 14.5 Å². The second-order valence-corrected chi connectivity index (χ2v) is 4.08. The summed E-state index contributed by atoms with van der Waals surface area (Å²) in [5.41, 5.74) is 0.495. The van der Waals surface area contributed by atoms with E-state index in [1.54, 1.807) is 6.92 Å². The van der Waals surface area contributed by atoms with E-state index in [1.807, 2.05) is 0 Å². The van der Waals surface area contributed by atoms with Gasteiger partial charge in [0.15, 0.2) is 4.64 Å². The van der Waals surface area contributed by atoms with Gasteiger partial charge in [-0.25, -0.2) is 14.7 Å². The Hall–Kier alpha value is -2.55. The molecule has 0 bridgehead atoms. The van der Waals surface area contributed by atoms with E-state index < -0.39 is 10.9 Å². The van der Waals surface area contributed by atoms with Crippen molar-refractivity contribution in [3.8, 4) is 5.69 Å². The lowest BCUT2D eigenvalue weighted by molar-refractivity contribution is -0.384. The van der Waals surface area contributed by atoms with E-state index in [-0.39, 0.29) is 22.6 Å². The molecule has 0 aliphatic rings. The lowest BCUT2D eigenvalue weighted by Crippen LogP contribution is -2.06. The van der Waals surface area contributed by atoms with Gasteiger partial charge >= 0.3 is 5.97 Å². The van der Waals surface area contributed by atoms with Crippen molar-refractivity contribution in [2.24, 2.45) is 0 Å². The molecule has 0 atom stereocenters. The number of esters is 1. The maximum atomic E-state index is 11.6. The van der Waals surface area contributed by atoms with Gasteiger partial charge in [0.1, 0.15) is 0 Å². The summed E-state index contributed by atoms with van der Waals surface area (Å²) in [4.78, 5) is 21.7. The molecule has 20 heavy (non-hydrogen) atoms. The summed E-state index contributed by atoms with van der Waals surface area (Å²) in [6, 6.07) is 5.67. The smallest absolute Gasteiger partial charge is 0.362 e. The van der Waals surface area contributed by atoms with Crippen LogP contribution in [0.15, 0.2) is 24.3 Å². The number of hydrogen-bond acceptors (Lipinski definition) is 6. The molecule has 9 heteroatoms. The van der Waals surface area contributed by atoms with Crippen molar-refractivity contribution in [2.45, 2.75) is 6.92 Å². The molecular formula is C11H10N4O4S. The summed E-state index contributed by atoms with van der Waals surface area (Å²) in [6.45, 7) is 1.90. The molecule has 2 aromatic rings. The van der Waals surface area contributed by atoms with Crippen molar-refractivity contribution >= 4 is 23.9 Å². The van der Waals surface area contributed by atoms with Crippen LogP contribution in [0.5, 0.6) is 0 Å². The lowest BCUT2D eigenvalue weighted by Gasteiger charge is -2.00. The molecule has 0 saturated carbocycles. The van der Waals surface area contributed by atoms with E-state index in [9.17, 15) is 14.9 Å². The number of benzene rings is 1. The largest absolute Gasteiger partial charge is 0.461 e. The number of nitro groups is 1. The predicted molar refractivity (Wildman–Crippen MR) is 71.4 cm³/mol. The molecule has 1 aromatic heterocycles. The molecule has 104 valence electrons. The molecule has 0 spiro atoms. The Bertz CT molecular complexity index is 704. The van der Waals surface area contributed by atoms with Crippen molar-refractivity contribution in [3.05, 3.63) is 44.7 Å².